The maximum atomic E-state index is 5.58. The van der Waals surface area contributed by atoms with E-state index in [4.69, 9.17) is 4.74 Å². The summed E-state index contributed by atoms with van der Waals surface area (Å²) in [6, 6.07) is 2.24. The maximum Gasteiger partial charge on any atom is 0.0594 e. The summed E-state index contributed by atoms with van der Waals surface area (Å²) in [5.74, 6) is 2.47. The average Bonchev–Trinajstić information content (AvgIpc) is 2.61. The van der Waals surface area contributed by atoms with Gasteiger partial charge in [0, 0.05) is 41.7 Å². The molecule has 0 aromatic heterocycles. The van der Waals surface area contributed by atoms with Gasteiger partial charge in [0.25, 0.3) is 0 Å². The Labute approximate surface area is 158 Å². The Morgan fingerprint density at radius 3 is 2.40 bits per heavy atom. The Hall–Kier alpha value is 0.190. The molecule has 2 saturated carbocycles. The molecule has 0 amide bonds. The van der Waals surface area contributed by atoms with Crippen LogP contribution in [0.25, 0.3) is 0 Å². The Morgan fingerprint density at radius 1 is 1.00 bits per heavy atom. The smallest absolute Gasteiger partial charge is 0.0594 e. The number of ether oxygens (including phenoxy) is 1. The van der Waals surface area contributed by atoms with Crippen LogP contribution in [0.4, 0.5) is 0 Å². The van der Waals surface area contributed by atoms with Crippen LogP contribution in [0.2, 0.25) is 0 Å². The molecule has 2 N–H and O–H groups in total. The molecule has 2 saturated heterocycles. The number of nitrogens with one attached hydrogen (secondary N) is 2. The normalized spacial score (nSPS) is 48.6. The zero-order chi connectivity index (χ0) is 17.4. The average molecular weight is 368 g/mol. The predicted molar refractivity (Wildman–Crippen MR) is 106 cm³/mol. The lowest BCUT2D eigenvalue weighted by molar-refractivity contribution is -0.000580. The first-order chi connectivity index (χ1) is 12.2. The molecule has 8 unspecified atom stereocenters. The van der Waals surface area contributed by atoms with E-state index in [9.17, 15) is 0 Å². The second-order valence-electron chi connectivity index (χ2n) is 9.05. The Morgan fingerprint density at radius 2 is 1.68 bits per heavy atom. The third kappa shape index (κ3) is 3.91. The number of hydrogen-bond acceptors (Lipinski definition) is 5. The highest BCUT2D eigenvalue weighted by Crippen LogP contribution is 2.46. The molecule has 4 rings (SSSR count). The fourth-order valence-corrected chi connectivity index (χ4v) is 8.23. The van der Waals surface area contributed by atoms with Crippen molar-refractivity contribution in [2.75, 3.05) is 39.9 Å². The zero-order valence-corrected chi connectivity index (χ0v) is 17.1. The second kappa shape index (κ2) is 8.05. The maximum absolute atomic E-state index is 5.58. The molecule has 5 heteroatoms. The number of thioether (sulfide) groups is 1. The van der Waals surface area contributed by atoms with Gasteiger partial charge in [-0.15, -0.1) is 0 Å². The van der Waals surface area contributed by atoms with Gasteiger partial charge in [0.15, 0.2) is 0 Å². The van der Waals surface area contributed by atoms with Crippen molar-refractivity contribution in [2.45, 2.75) is 68.2 Å². The molecule has 0 radical (unpaired) electrons. The summed E-state index contributed by atoms with van der Waals surface area (Å²) >= 11 is 2.36. The summed E-state index contributed by atoms with van der Waals surface area (Å²) in [5, 5.41) is 9.20. The van der Waals surface area contributed by atoms with Crippen LogP contribution in [0.5, 0.6) is 0 Å². The van der Waals surface area contributed by atoms with Gasteiger partial charge < -0.3 is 15.4 Å². The van der Waals surface area contributed by atoms with Crippen LogP contribution in [0, 0.1) is 17.8 Å². The molecule has 2 aliphatic carbocycles. The number of fused-ring (bicyclic) bond motifs is 2. The van der Waals surface area contributed by atoms with Crippen LogP contribution in [-0.4, -0.2) is 73.4 Å². The molecule has 4 nitrogen and oxygen atoms in total. The van der Waals surface area contributed by atoms with E-state index in [0.717, 1.165) is 72.7 Å². The molecule has 0 aromatic rings. The first kappa shape index (κ1) is 18.5. The SMILES string of the molecule is CNCC1CC(C)C2NC3C(C)CC(N4CCOCC4)CC3SC2C1. The summed E-state index contributed by atoms with van der Waals surface area (Å²) in [7, 11) is 2.11. The molecule has 144 valence electrons. The largest absolute Gasteiger partial charge is 0.379 e. The molecule has 2 heterocycles. The monoisotopic (exact) mass is 367 g/mol. The number of morpholine rings is 1. The van der Waals surface area contributed by atoms with E-state index in [-0.39, 0.29) is 0 Å². The van der Waals surface area contributed by atoms with Gasteiger partial charge in [-0.25, -0.2) is 0 Å². The molecule has 0 aromatic carbocycles. The summed E-state index contributed by atoms with van der Waals surface area (Å²) in [5.41, 5.74) is 0. The zero-order valence-electron chi connectivity index (χ0n) is 16.2. The van der Waals surface area contributed by atoms with Crippen LogP contribution in [0.15, 0.2) is 0 Å². The van der Waals surface area contributed by atoms with Gasteiger partial charge in [-0.3, -0.25) is 4.90 Å². The van der Waals surface area contributed by atoms with E-state index < -0.39 is 0 Å². The van der Waals surface area contributed by atoms with Crippen LogP contribution in [0.1, 0.15) is 39.5 Å². The van der Waals surface area contributed by atoms with Gasteiger partial charge >= 0.3 is 0 Å². The van der Waals surface area contributed by atoms with Crippen LogP contribution in [-0.2, 0) is 4.74 Å². The molecule has 4 aliphatic rings. The third-order valence-corrected chi connectivity index (χ3v) is 8.91. The van der Waals surface area contributed by atoms with Crippen molar-refractivity contribution in [3.8, 4) is 0 Å². The molecule has 0 bridgehead atoms. The fourth-order valence-electron chi connectivity index (χ4n) is 6.03. The summed E-state index contributed by atoms with van der Waals surface area (Å²) in [4.78, 5) is 2.72. The fraction of sp³-hybridized carbons (Fsp3) is 1.00. The highest BCUT2D eigenvalue weighted by Gasteiger charge is 2.48. The topological polar surface area (TPSA) is 36.5 Å². The summed E-state index contributed by atoms with van der Waals surface area (Å²) in [6.45, 7) is 10.3. The van der Waals surface area contributed by atoms with Gasteiger partial charge in [-0.1, -0.05) is 13.8 Å². The van der Waals surface area contributed by atoms with Gasteiger partial charge in [-0.05, 0) is 57.0 Å². The molecule has 2 aliphatic heterocycles. The van der Waals surface area contributed by atoms with Crippen molar-refractivity contribution >= 4 is 11.8 Å². The second-order valence-corrected chi connectivity index (χ2v) is 10.5. The third-order valence-electron chi connectivity index (χ3n) is 7.24. The highest BCUT2D eigenvalue weighted by molar-refractivity contribution is 8.00. The van der Waals surface area contributed by atoms with Gasteiger partial charge in [0.1, 0.15) is 0 Å². The quantitative estimate of drug-likeness (QED) is 0.800. The molecule has 4 fully saturated rings. The van der Waals surface area contributed by atoms with E-state index >= 15 is 0 Å². The first-order valence-corrected chi connectivity index (χ1v) is 11.5. The van der Waals surface area contributed by atoms with Crippen molar-refractivity contribution in [2.24, 2.45) is 17.8 Å². The molecule has 0 spiro atoms. The Balaban J connectivity index is 1.42. The van der Waals surface area contributed by atoms with E-state index in [1.165, 1.54) is 32.2 Å². The van der Waals surface area contributed by atoms with Crippen molar-refractivity contribution in [1.29, 1.82) is 0 Å². The number of nitrogens with zero attached hydrogens (tertiary/aromatic N) is 1. The number of rotatable bonds is 3. The van der Waals surface area contributed by atoms with Crippen LogP contribution in [0.3, 0.4) is 0 Å². The summed E-state index contributed by atoms with van der Waals surface area (Å²) in [6.07, 6.45) is 5.52. The van der Waals surface area contributed by atoms with Gasteiger partial charge in [0.05, 0.1) is 13.2 Å². The lowest BCUT2D eigenvalue weighted by Crippen LogP contribution is -2.64. The van der Waals surface area contributed by atoms with Crippen molar-refractivity contribution in [3.05, 3.63) is 0 Å². The predicted octanol–water partition coefficient (Wildman–Crippen LogP) is 2.19. The summed E-state index contributed by atoms with van der Waals surface area (Å²) < 4.78 is 5.58. The Kier molecular flexibility index (Phi) is 5.98. The minimum atomic E-state index is 0.729. The van der Waals surface area contributed by atoms with Gasteiger partial charge in [-0.2, -0.15) is 11.8 Å². The van der Waals surface area contributed by atoms with E-state index in [2.05, 4.69) is 48.2 Å². The standard InChI is InChI=1S/C20H37N3OS/c1-13-8-15(12-21-3)10-17-19(13)22-20-14(2)9-16(11-18(20)25-17)23-4-6-24-7-5-23/h13-22H,4-12H2,1-3H3. The molecule has 25 heavy (non-hydrogen) atoms. The van der Waals surface area contributed by atoms with Crippen molar-refractivity contribution in [3.63, 3.8) is 0 Å². The van der Waals surface area contributed by atoms with Crippen molar-refractivity contribution in [1.82, 2.24) is 15.5 Å². The van der Waals surface area contributed by atoms with E-state index in [0.29, 0.717) is 0 Å². The molecular formula is C20H37N3OS. The minimum absolute atomic E-state index is 0.729. The lowest BCUT2D eigenvalue weighted by atomic mass is 9.75. The Bertz CT molecular complexity index is 445. The lowest BCUT2D eigenvalue weighted by Gasteiger charge is -2.54. The molecule has 8 atom stereocenters. The number of hydrogen-bond donors (Lipinski definition) is 2. The molecular weight excluding hydrogens is 330 g/mol. The van der Waals surface area contributed by atoms with Crippen molar-refractivity contribution < 1.29 is 4.74 Å². The van der Waals surface area contributed by atoms with Crippen LogP contribution < -0.4 is 10.6 Å². The first-order valence-electron chi connectivity index (χ1n) is 10.5. The van der Waals surface area contributed by atoms with E-state index in [1.807, 2.05) is 0 Å². The minimum Gasteiger partial charge on any atom is -0.379 e. The van der Waals surface area contributed by atoms with E-state index in [1.54, 1.807) is 0 Å². The van der Waals surface area contributed by atoms with Crippen LogP contribution >= 0.6 is 11.8 Å². The highest BCUT2D eigenvalue weighted by atomic mass is 32.2. The van der Waals surface area contributed by atoms with Gasteiger partial charge in [0.2, 0.25) is 0 Å².